The number of phenolic OH excluding ortho intramolecular Hbond substituents is 1. The third-order valence-electron chi connectivity index (χ3n) is 5.30. The van der Waals surface area contributed by atoms with Gasteiger partial charge in [0.15, 0.2) is 5.78 Å². The van der Waals surface area contributed by atoms with Gasteiger partial charge in [-0.15, -0.1) is 0 Å². The average molecular weight is 367 g/mol. The Morgan fingerprint density at radius 1 is 1.15 bits per heavy atom. The summed E-state index contributed by atoms with van der Waals surface area (Å²) >= 11 is 0. The van der Waals surface area contributed by atoms with Gasteiger partial charge in [0.2, 0.25) is 5.91 Å². The fourth-order valence-electron chi connectivity index (χ4n) is 4.15. The fourth-order valence-corrected chi connectivity index (χ4v) is 4.15. The second kappa shape index (κ2) is 7.06. The number of hydrogen-bond acceptors (Lipinski definition) is 4. The Morgan fingerprint density at radius 2 is 1.78 bits per heavy atom. The number of piperidine rings is 1. The summed E-state index contributed by atoms with van der Waals surface area (Å²) in [6.07, 6.45) is 0.654. The number of para-hydroxylation sites is 3. The maximum atomic E-state index is 13.5. The van der Waals surface area contributed by atoms with Crippen molar-refractivity contribution in [2.24, 2.45) is 11.3 Å². The maximum Gasteiger partial charge on any atom is 0.238 e. The summed E-state index contributed by atoms with van der Waals surface area (Å²) in [4.78, 5) is 28.4. The number of amides is 1. The normalized spacial score (nSPS) is 21.8. The molecule has 142 valence electrons. The zero-order valence-corrected chi connectivity index (χ0v) is 16.1. The Morgan fingerprint density at radius 3 is 2.44 bits per heavy atom. The van der Waals surface area contributed by atoms with Crippen molar-refractivity contribution < 1.29 is 19.4 Å². The van der Waals surface area contributed by atoms with Crippen molar-refractivity contribution in [1.29, 1.82) is 0 Å². The van der Waals surface area contributed by atoms with E-state index < -0.39 is 11.3 Å². The minimum absolute atomic E-state index is 0.0859. The molecule has 1 N–H and O–H groups in total. The van der Waals surface area contributed by atoms with Crippen LogP contribution in [0.1, 0.15) is 37.6 Å². The lowest BCUT2D eigenvalue weighted by molar-refractivity contribution is -0.127. The third kappa shape index (κ3) is 3.29. The van der Waals surface area contributed by atoms with Crippen molar-refractivity contribution in [2.75, 3.05) is 12.0 Å². The molecule has 1 aliphatic rings. The topological polar surface area (TPSA) is 66.8 Å². The van der Waals surface area contributed by atoms with Crippen LogP contribution in [0.25, 0.3) is 0 Å². The van der Waals surface area contributed by atoms with Crippen LogP contribution < -0.4 is 9.64 Å². The zero-order valence-electron chi connectivity index (χ0n) is 16.1. The SMILES string of the molecule is COc1ccccc1N1C(=O)C(C(=O)c2ccccc2O)C(C)(C)CC1C. The lowest BCUT2D eigenvalue weighted by Gasteiger charge is -2.46. The first-order valence-corrected chi connectivity index (χ1v) is 9.06. The molecule has 1 aliphatic heterocycles. The lowest BCUT2D eigenvalue weighted by Crippen LogP contribution is -2.56. The minimum Gasteiger partial charge on any atom is -0.507 e. The molecular weight excluding hydrogens is 342 g/mol. The molecule has 1 amide bonds. The molecule has 2 unspecified atom stereocenters. The van der Waals surface area contributed by atoms with Gasteiger partial charge in [-0.3, -0.25) is 9.59 Å². The number of benzene rings is 2. The van der Waals surface area contributed by atoms with Crippen molar-refractivity contribution in [2.45, 2.75) is 33.2 Å². The third-order valence-corrected chi connectivity index (χ3v) is 5.30. The maximum absolute atomic E-state index is 13.5. The number of aromatic hydroxyl groups is 1. The van der Waals surface area contributed by atoms with Gasteiger partial charge in [0.25, 0.3) is 0 Å². The highest BCUT2D eigenvalue weighted by atomic mass is 16.5. The van der Waals surface area contributed by atoms with Crippen LogP contribution in [0.5, 0.6) is 11.5 Å². The van der Waals surface area contributed by atoms with Gasteiger partial charge in [0, 0.05) is 6.04 Å². The van der Waals surface area contributed by atoms with Crippen LogP contribution in [-0.4, -0.2) is 29.9 Å². The van der Waals surface area contributed by atoms with Gasteiger partial charge in [-0.25, -0.2) is 0 Å². The Bertz CT molecular complexity index is 874. The Labute approximate surface area is 159 Å². The van der Waals surface area contributed by atoms with E-state index in [0.717, 1.165) is 0 Å². The smallest absolute Gasteiger partial charge is 0.238 e. The molecule has 3 rings (SSSR count). The van der Waals surface area contributed by atoms with Crippen LogP contribution >= 0.6 is 0 Å². The highest BCUT2D eigenvalue weighted by molar-refractivity contribution is 6.16. The molecule has 2 aromatic rings. The fraction of sp³-hybridized carbons (Fsp3) is 0.364. The van der Waals surface area contributed by atoms with E-state index in [9.17, 15) is 14.7 Å². The predicted octanol–water partition coefficient (Wildman–Crippen LogP) is 4.05. The van der Waals surface area contributed by atoms with E-state index in [2.05, 4.69) is 0 Å². The summed E-state index contributed by atoms with van der Waals surface area (Å²) in [7, 11) is 1.56. The molecule has 0 bridgehead atoms. The van der Waals surface area contributed by atoms with Crippen LogP contribution in [0.4, 0.5) is 5.69 Å². The quantitative estimate of drug-likeness (QED) is 0.654. The van der Waals surface area contributed by atoms with Gasteiger partial charge < -0.3 is 14.7 Å². The summed E-state index contributed by atoms with van der Waals surface area (Å²) in [5.41, 5.74) is 0.301. The first kappa shape index (κ1) is 19.0. The molecule has 0 saturated carbocycles. The molecule has 0 radical (unpaired) electrons. The van der Waals surface area contributed by atoms with Crippen LogP contribution in [0.15, 0.2) is 48.5 Å². The van der Waals surface area contributed by atoms with Crippen LogP contribution in [0.3, 0.4) is 0 Å². The number of rotatable bonds is 4. The Kier molecular flexibility index (Phi) is 4.96. The molecule has 2 aromatic carbocycles. The first-order chi connectivity index (χ1) is 12.8. The van der Waals surface area contributed by atoms with Crippen LogP contribution in [-0.2, 0) is 4.79 Å². The number of hydrogen-bond donors (Lipinski definition) is 1. The molecular formula is C22H25NO4. The predicted molar refractivity (Wildman–Crippen MR) is 104 cm³/mol. The second-order valence-electron chi connectivity index (χ2n) is 7.74. The van der Waals surface area contributed by atoms with Crippen molar-refractivity contribution in [3.05, 3.63) is 54.1 Å². The molecule has 1 fully saturated rings. The Hall–Kier alpha value is -2.82. The van der Waals surface area contributed by atoms with Gasteiger partial charge in [-0.1, -0.05) is 38.1 Å². The van der Waals surface area contributed by atoms with E-state index in [1.807, 2.05) is 39.0 Å². The summed E-state index contributed by atoms with van der Waals surface area (Å²) in [6.45, 7) is 5.85. The second-order valence-corrected chi connectivity index (χ2v) is 7.74. The molecule has 0 aromatic heterocycles. The number of carbonyl (C=O) groups is 2. The van der Waals surface area contributed by atoms with Crippen molar-refractivity contribution in [1.82, 2.24) is 0 Å². The first-order valence-electron chi connectivity index (χ1n) is 9.06. The summed E-state index contributed by atoms with van der Waals surface area (Å²) in [6, 6.07) is 13.6. The highest BCUT2D eigenvalue weighted by Gasteiger charge is 2.50. The average Bonchev–Trinajstić information content (AvgIpc) is 2.61. The monoisotopic (exact) mass is 367 g/mol. The molecule has 5 heteroatoms. The number of Topliss-reactive ketones (excluding diaryl/α,β-unsaturated/α-hetero) is 1. The van der Waals surface area contributed by atoms with E-state index in [-0.39, 0.29) is 29.0 Å². The molecule has 1 saturated heterocycles. The van der Waals surface area contributed by atoms with Crippen molar-refractivity contribution in [3.63, 3.8) is 0 Å². The zero-order chi connectivity index (χ0) is 19.8. The van der Waals surface area contributed by atoms with Gasteiger partial charge in [0.1, 0.15) is 17.4 Å². The number of ether oxygens (including phenoxy) is 1. The number of phenols is 1. The molecule has 5 nitrogen and oxygen atoms in total. The van der Waals surface area contributed by atoms with Gasteiger partial charge in [0.05, 0.1) is 18.4 Å². The molecule has 2 atom stereocenters. The minimum atomic E-state index is -0.882. The number of methoxy groups -OCH3 is 1. The van der Waals surface area contributed by atoms with Gasteiger partial charge in [-0.2, -0.15) is 0 Å². The highest BCUT2D eigenvalue weighted by Crippen LogP contribution is 2.45. The summed E-state index contributed by atoms with van der Waals surface area (Å²) in [5.74, 6) is -1.02. The van der Waals surface area contributed by atoms with Crippen LogP contribution in [0, 0.1) is 11.3 Å². The van der Waals surface area contributed by atoms with E-state index in [1.165, 1.54) is 6.07 Å². The number of nitrogens with zero attached hydrogens (tertiary/aromatic N) is 1. The summed E-state index contributed by atoms with van der Waals surface area (Å²) < 4.78 is 5.43. The van der Waals surface area contributed by atoms with Crippen molar-refractivity contribution in [3.8, 4) is 11.5 Å². The lowest BCUT2D eigenvalue weighted by atomic mass is 9.67. The molecule has 1 heterocycles. The molecule has 0 spiro atoms. The molecule has 27 heavy (non-hydrogen) atoms. The number of ketones is 1. The van der Waals surface area contributed by atoms with E-state index >= 15 is 0 Å². The number of carbonyl (C=O) groups excluding carboxylic acids is 2. The summed E-state index contributed by atoms with van der Waals surface area (Å²) in [5, 5.41) is 10.1. The van der Waals surface area contributed by atoms with E-state index in [1.54, 1.807) is 36.3 Å². The standard InChI is InChI=1S/C22H25NO4/c1-14-13-22(2,3)19(20(25)15-9-5-7-11-17(15)24)21(26)23(14)16-10-6-8-12-18(16)27-4/h5-12,14,19,24H,13H2,1-4H3. The largest absolute Gasteiger partial charge is 0.507 e. The van der Waals surface area contributed by atoms with E-state index in [0.29, 0.717) is 17.9 Å². The van der Waals surface area contributed by atoms with Crippen LogP contribution in [0.2, 0.25) is 0 Å². The molecule has 0 aliphatic carbocycles. The number of anilines is 1. The van der Waals surface area contributed by atoms with Crippen molar-refractivity contribution >= 4 is 17.4 Å². The van der Waals surface area contributed by atoms with Gasteiger partial charge >= 0.3 is 0 Å². The van der Waals surface area contributed by atoms with Gasteiger partial charge in [-0.05, 0) is 43.0 Å². The van der Waals surface area contributed by atoms with E-state index in [4.69, 9.17) is 4.74 Å². The Balaban J connectivity index is 2.07.